The number of ether oxygens (including phenoxy) is 9. The lowest BCUT2D eigenvalue weighted by Gasteiger charge is -2.27. The molecular formula is C69H94N2O13. The molecular weight excluding hydrogens is 1060 g/mol. The molecule has 0 heterocycles. The monoisotopic (exact) mass is 1160 g/mol. The largest absolute Gasteiger partial charge is 0.496 e. The zero-order valence-electron chi connectivity index (χ0n) is 50.7. The van der Waals surface area contributed by atoms with Crippen LogP contribution in [0.4, 0.5) is 4.79 Å². The second-order valence-corrected chi connectivity index (χ2v) is 22.4. The summed E-state index contributed by atoms with van der Waals surface area (Å²) in [5.74, 6) is 3.98. The summed E-state index contributed by atoms with van der Waals surface area (Å²) in [7, 11) is 13.0. The Kier molecular flexibility index (Phi) is 25.8. The van der Waals surface area contributed by atoms with E-state index in [0.29, 0.717) is 53.8 Å². The fraction of sp³-hybridized carbons (Fsp3) is 0.464. The number of carbonyl (C=O) groups excluding carboxylic acids is 3. The number of rotatable bonds is 22. The summed E-state index contributed by atoms with van der Waals surface area (Å²) in [6.45, 7) is 13.3. The molecule has 0 fully saturated rings. The van der Waals surface area contributed by atoms with Crippen LogP contribution in [0.1, 0.15) is 132 Å². The summed E-state index contributed by atoms with van der Waals surface area (Å²) in [6.07, 6.45) is 5.61. The van der Waals surface area contributed by atoms with Gasteiger partial charge in [-0.2, -0.15) is 0 Å². The van der Waals surface area contributed by atoms with Gasteiger partial charge in [-0.3, -0.25) is 9.59 Å². The van der Waals surface area contributed by atoms with E-state index in [9.17, 15) is 19.5 Å². The number of alkyl carbamates (subject to hydrolysis) is 1. The third-order valence-electron chi connectivity index (χ3n) is 15.0. The van der Waals surface area contributed by atoms with Crippen molar-refractivity contribution in [2.24, 2.45) is 23.5 Å². The number of aryl methyl sites for hydroxylation is 2. The Morgan fingerprint density at radius 2 is 1.10 bits per heavy atom. The quantitative estimate of drug-likeness (QED) is 0.0593. The fourth-order valence-electron chi connectivity index (χ4n) is 11.1. The van der Waals surface area contributed by atoms with Gasteiger partial charge in [-0.1, -0.05) is 83.3 Å². The highest BCUT2D eigenvalue weighted by Crippen LogP contribution is 2.49. The van der Waals surface area contributed by atoms with Crippen LogP contribution in [-0.2, 0) is 33.6 Å². The minimum atomic E-state index is -1.55. The van der Waals surface area contributed by atoms with Crippen molar-refractivity contribution in [2.75, 3.05) is 56.9 Å². The lowest BCUT2D eigenvalue weighted by atomic mass is 9.82. The van der Waals surface area contributed by atoms with Crippen LogP contribution in [0.2, 0.25) is 0 Å². The van der Waals surface area contributed by atoms with Crippen LogP contribution in [0.5, 0.6) is 46.0 Å². The van der Waals surface area contributed by atoms with E-state index in [0.717, 1.165) is 85.6 Å². The molecule has 2 aliphatic carbocycles. The average molecular weight is 1160 g/mol. The topological polar surface area (TPSA) is 193 Å². The molecule has 1 amide bonds. The molecule has 84 heavy (non-hydrogen) atoms. The molecule has 0 spiro atoms. The van der Waals surface area contributed by atoms with Crippen LogP contribution in [0.3, 0.4) is 0 Å². The molecule has 0 radical (unpaired) electrons. The first-order chi connectivity index (χ1) is 39.1. The van der Waals surface area contributed by atoms with Gasteiger partial charge < -0.3 is 58.8 Å². The van der Waals surface area contributed by atoms with Gasteiger partial charge in [0.1, 0.15) is 29.0 Å². The van der Waals surface area contributed by atoms with Crippen molar-refractivity contribution in [3.63, 3.8) is 0 Å². The van der Waals surface area contributed by atoms with E-state index >= 15 is 0 Å². The summed E-state index contributed by atoms with van der Waals surface area (Å²) < 4.78 is 50.7. The fourth-order valence-corrected chi connectivity index (χ4v) is 11.1. The van der Waals surface area contributed by atoms with Crippen molar-refractivity contribution in [2.45, 2.75) is 138 Å². The first-order valence-electron chi connectivity index (χ1n) is 28.0. The zero-order chi connectivity index (χ0) is 60.0. The van der Waals surface area contributed by atoms with Crippen molar-refractivity contribution in [3.8, 4) is 46.0 Å². The molecule has 2 aliphatic rings. The van der Waals surface area contributed by atoms with E-state index in [1.165, 1.54) is 0 Å². The number of allylic oxidation sites excluding steroid dienone is 1. The molecule has 7 rings (SSSR count). The van der Waals surface area contributed by atoms with E-state index in [1.54, 1.807) is 77.6 Å². The summed E-state index contributed by atoms with van der Waals surface area (Å²) in [5, 5.41) is 14.2. The minimum Gasteiger partial charge on any atom is -0.496 e. The average Bonchev–Trinajstić information content (AvgIpc) is 2.77. The number of methoxy groups -OCH3 is 8. The van der Waals surface area contributed by atoms with E-state index < -0.39 is 35.5 Å². The van der Waals surface area contributed by atoms with Gasteiger partial charge in [0, 0.05) is 35.9 Å². The van der Waals surface area contributed by atoms with Gasteiger partial charge in [-0.15, -0.1) is 0 Å². The number of Topliss-reactive ketones (excluding diaryl/α,β-unsaturated/α-hetero) is 2. The second kappa shape index (κ2) is 31.4. The lowest BCUT2D eigenvalue weighted by molar-refractivity contribution is -0.134. The molecule has 5 atom stereocenters. The Bertz CT molecular complexity index is 3080. The van der Waals surface area contributed by atoms with Crippen molar-refractivity contribution >= 4 is 28.8 Å². The van der Waals surface area contributed by atoms with Crippen molar-refractivity contribution in [3.05, 3.63) is 141 Å². The number of aliphatic hydroxyl groups excluding tert-OH is 1. The highest BCUT2D eigenvalue weighted by atomic mass is 16.6. The third-order valence-corrected chi connectivity index (χ3v) is 15.0. The number of hydrogen-bond donors (Lipinski definition) is 3. The van der Waals surface area contributed by atoms with E-state index in [-0.39, 0.29) is 57.8 Å². The molecule has 0 saturated carbocycles. The van der Waals surface area contributed by atoms with Gasteiger partial charge in [-0.25, -0.2) is 4.79 Å². The summed E-state index contributed by atoms with van der Waals surface area (Å²) in [4.78, 5) is 41.1. The third kappa shape index (κ3) is 17.1. The Labute approximate surface area is 500 Å². The number of nitrogens with one attached hydrogen (secondary N) is 1. The van der Waals surface area contributed by atoms with Crippen LogP contribution in [0.15, 0.2) is 91.0 Å². The summed E-state index contributed by atoms with van der Waals surface area (Å²) in [6, 6.07) is 24.5. The molecule has 0 aromatic heterocycles. The number of fused-ring (bicyclic) bond motifs is 2. The second-order valence-electron chi connectivity index (χ2n) is 22.4. The normalized spacial score (nSPS) is 15.5. The van der Waals surface area contributed by atoms with E-state index in [4.69, 9.17) is 48.4 Å². The number of ketones is 2. The first kappa shape index (κ1) is 69.0. The molecule has 5 aromatic rings. The Hall–Kier alpha value is -7.49. The van der Waals surface area contributed by atoms with E-state index in [2.05, 4.69) is 35.7 Å². The maximum absolute atomic E-state index is 14.4. The summed E-state index contributed by atoms with van der Waals surface area (Å²) >= 11 is 0. The van der Waals surface area contributed by atoms with Gasteiger partial charge in [0.05, 0.1) is 62.9 Å². The molecule has 15 heteroatoms. The Morgan fingerprint density at radius 1 is 0.619 bits per heavy atom. The molecule has 0 saturated heterocycles. The highest BCUT2D eigenvalue weighted by molar-refractivity contribution is 5.92. The smallest absolute Gasteiger partial charge is 0.407 e. The van der Waals surface area contributed by atoms with E-state index in [1.807, 2.05) is 88.4 Å². The molecule has 15 nitrogen and oxygen atoms in total. The van der Waals surface area contributed by atoms with Crippen LogP contribution in [0, 0.1) is 31.6 Å². The molecule has 3 unspecified atom stereocenters. The number of carbonyl (C=O) groups is 3. The first-order valence-corrected chi connectivity index (χ1v) is 28.0. The number of aliphatic hydroxyl groups is 1. The maximum Gasteiger partial charge on any atom is 0.407 e. The minimum absolute atomic E-state index is 0. The van der Waals surface area contributed by atoms with Crippen molar-refractivity contribution in [1.82, 2.24) is 5.32 Å². The maximum atomic E-state index is 14.4. The standard InChI is InChI=1S/C45H59NO9.C22H27NO4.2CH4/c1-27(2)20-32(25-38(48)41(49)36(23-29-14-12-11-13-15-29)46-44(50)55-45(4,5)6)37(47)24-30-16-18-33-35(26-40(52-8)43(54-10)42(33)53-9)34(22-30)31-17-19-39(51-7)28(3)21-31;1-13-10-14(6-9-19(13)24-2)17-11-15(23)7-8-16-18(17)12-20(25-3)22(27-5)21(16)26-4;;/h11-15,17,19,21-22,26-27,30,32,36,41,49H,16,18,20,23-25H2,1-10H3,(H,46,50);6,9-12,15H,7-8,23H2,1-5H3;2*1H4/t30-,32?,36?,41?;15-;;/m11../s1. The highest BCUT2D eigenvalue weighted by Gasteiger charge is 2.35. The number of hydrogen-bond acceptors (Lipinski definition) is 14. The van der Waals surface area contributed by atoms with Gasteiger partial charge in [-0.05, 0) is 171 Å². The van der Waals surface area contributed by atoms with Crippen molar-refractivity contribution < 1.29 is 62.1 Å². The van der Waals surface area contributed by atoms with Crippen LogP contribution in [0.25, 0.3) is 11.1 Å². The van der Waals surface area contributed by atoms with Gasteiger partial charge >= 0.3 is 6.09 Å². The molecule has 5 aromatic carbocycles. The Morgan fingerprint density at radius 3 is 1.54 bits per heavy atom. The Balaban J connectivity index is 0.000000437. The number of benzene rings is 5. The molecule has 458 valence electrons. The molecule has 4 N–H and O–H groups in total. The zero-order valence-corrected chi connectivity index (χ0v) is 50.7. The predicted molar refractivity (Wildman–Crippen MR) is 335 cm³/mol. The van der Waals surface area contributed by atoms with Crippen LogP contribution >= 0.6 is 0 Å². The molecule has 0 bridgehead atoms. The lowest BCUT2D eigenvalue weighted by Crippen LogP contribution is -2.50. The van der Waals surface area contributed by atoms with Crippen molar-refractivity contribution in [1.29, 1.82) is 0 Å². The van der Waals surface area contributed by atoms with Gasteiger partial charge in [0.15, 0.2) is 28.8 Å². The number of nitrogens with two attached hydrogens (primary N) is 1. The predicted octanol–water partition coefficient (Wildman–Crippen LogP) is 13.1. The number of amides is 1. The SMILES string of the molecule is C.C.COc1ccc(C2=C[C@H](CC(=O)C(CC(=O)C(O)C(Cc3ccccc3)NC(=O)OC(C)(C)C)CC(C)C)CCc3c2cc(OC)c(OC)c3OC)cc1C.COc1ccc(C2=C[C@H](N)CCc3c2cc(OC)c(OC)c3OC)cc1C. The molecule has 0 aliphatic heterocycles. The summed E-state index contributed by atoms with van der Waals surface area (Å²) in [5.41, 5.74) is 16.5. The van der Waals surface area contributed by atoms with Crippen LogP contribution < -0.4 is 48.9 Å². The van der Waals surface area contributed by atoms with Crippen LogP contribution in [-0.4, -0.2) is 103 Å². The van der Waals surface area contributed by atoms with Gasteiger partial charge in [0.2, 0.25) is 11.5 Å². The van der Waals surface area contributed by atoms with Gasteiger partial charge in [0.25, 0.3) is 0 Å².